The van der Waals surface area contributed by atoms with Crippen molar-refractivity contribution in [1.82, 2.24) is 0 Å². The normalized spacial score (nSPS) is 11.5. The molecule has 0 aliphatic rings. The second-order valence-corrected chi connectivity index (χ2v) is 6.56. The Bertz CT molecular complexity index is 472. The number of nitrogens with two attached hydrogens (primary N) is 1. The molecule has 18 heavy (non-hydrogen) atoms. The van der Waals surface area contributed by atoms with E-state index in [9.17, 15) is 4.79 Å². The van der Waals surface area contributed by atoms with Gasteiger partial charge < -0.3 is 10.5 Å². The summed E-state index contributed by atoms with van der Waals surface area (Å²) in [5.41, 5.74) is 9.58. The number of anilines is 1. The van der Waals surface area contributed by atoms with E-state index in [4.69, 9.17) is 10.5 Å². The number of nitrogen functional groups attached to an aromatic ring is 1. The van der Waals surface area contributed by atoms with Crippen LogP contribution in [0.2, 0.25) is 0 Å². The Kier molecular flexibility index (Phi) is 4.30. The first-order valence-electron chi connectivity index (χ1n) is 5.84. The monoisotopic (exact) mass is 361 g/mol. The first-order valence-corrected chi connectivity index (χ1v) is 6.92. The van der Waals surface area contributed by atoms with Crippen LogP contribution in [0, 0.1) is 24.3 Å². The Morgan fingerprint density at radius 3 is 2.06 bits per heavy atom. The maximum atomic E-state index is 12.2. The van der Waals surface area contributed by atoms with E-state index >= 15 is 0 Å². The quantitative estimate of drug-likeness (QED) is 0.471. The molecular formula is C14H20INO2. The minimum Gasteiger partial charge on any atom is -0.456 e. The molecule has 3 nitrogen and oxygen atoms in total. The van der Waals surface area contributed by atoms with Gasteiger partial charge in [0.2, 0.25) is 0 Å². The predicted octanol–water partition coefficient (Wildman–Crippen LogP) is 3.75. The van der Waals surface area contributed by atoms with Crippen LogP contribution < -0.4 is 5.73 Å². The van der Waals surface area contributed by atoms with Crippen LogP contribution in [0.15, 0.2) is 0 Å². The summed E-state index contributed by atoms with van der Waals surface area (Å²) >= 11 is 2.22. The van der Waals surface area contributed by atoms with E-state index in [2.05, 4.69) is 22.6 Å². The van der Waals surface area contributed by atoms with Gasteiger partial charge in [-0.05, 0) is 80.8 Å². The third-order valence-corrected chi connectivity index (χ3v) is 4.44. The lowest BCUT2D eigenvalue weighted by atomic mass is 9.97. The number of esters is 1. The van der Waals surface area contributed by atoms with Gasteiger partial charge in [-0.2, -0.15) is 0 Å². The van der Waals surface area contributed by atoms with Gasteiger partial charge >= 0.3 is 5.97 Å². The van der Waals surface area contributed by atoms with Gasteiger partial charge in [0, 0.05) is 9.26 Å². The van der Waals surface area contributed by atoms with Crippen molar-refractivity contribution in [2.45, 2.75) is 47.1 Å². The van der Waals surface area contributed by atoms with Crippen LogP contribution in [0.5, 0.6) is 0 Å². The van der Waals surface area contributed by atoms with Crippen molar-refractivity contribution in [3.8, 4) is 0 Å². The molecule has 1 aromatic carbocycles. The number of benzene rings is 1. The largest absolute Gasteiger partial charge is 0.456 e. The fourth-order valence-corrected chi connectivity index (χ4v) is 2.40. The average molecular weight is 361 g/mol. The van der Waals surface area contributed by atoms with Crippen LogP contribution in [-0.2, 0) is 4.74 Å². The number of carbonyl (C=O) groups is 1. The molecule has 0 aliphatic heterocycles. The summed E-state index contributed by atoms with van der Waals surface area (Å²) in [7, 11) is 0. The molecule has 0 unspecified atom stereocenters. The minimum absolute atomic E-state index is 0.304. The zero-order valence-corrected chi connectivity index (χ0v) is 13.9. The van der Waals surface area contributed by atoms with Crippen molar-refractivity contribution in [2.24, 2.45) is 0 Å². The van der Waals surface area contributed by atoms with Gasteiger partial charge in [0.25, 0.3) is 0 Å². The molecule has 0 atom stereocenters. The molecule has 2 N–H and O–H groups in total. The molecule has 0 saturated carbocycles. The molecule has 100 valence electrons. The molecule has 0 aliphatic carbocycles. The highest BCUT2D eigenvalue weighted by Crippen LogP contribution is 2.31. The summed E-state index contributed by atoms with van der Waals surface area (Å²) in [5, 5.41) is 0. The molecule has 0 radical (unpaired) electrons. The van der Waals surface area contributed by atoms with Gasteiger partial charge in [-0.3, -0.25) is 0 Å². The van der Waals surface area contributed by atoms with Gasteiger partial charge in [0.1, 0.15) is 5.60 Å². The van der Waals surface area contributed by atoms with Gasteiger partial charge in [-0.1, -0.05) is 0 Å². The van der Waals surface area contributed by atoms with Crippen LogP contribution >= 0.6 is 22.6 Å². The molecule has 0 heterocycles. The van der Waals surface area contributed by atoms with Gasteiger partial charge in [0.15, 0.2) is 0 Å². The van der Waals surface area contributed by atoms with E-state index in [0.29, 0.717) is 11.3 Å². The molecule has 0 spiro atoms. The highest BCUT2D eigenvalue weighted by Gasteiger charge is 2.24. The summed E-state index contributed by atoms with van der Waals surface area (Å²) in [5.74, 6) is -0.304. The van der Waals surface area contributed by atoms with E-state index in [1.807, 2.05) is 41.5 Å². The first-order chi connectivity index (χ1) is 8.06. The molecule has 0 fully saturated rings. The molecule has 0 aromatic heterocycles. The fourth-order valence-electron chi connectivity index (χ4n) is 1.84. The van der Waals surface area contributed by atoms with Crippen LogP contribution in [0.3, 0.4) is 0 Å². The maximum absolute atomic E-state index is 12.2. The summed E-state index contributed by atoms with van der Waals surface area (Å²) in [6.07, 6.45) is 0. The number of halogens is 1. The number of carbonyl (C=O) groups excluding carboxylic acids is 1. The van der Waals surface area contributed by atoms with Crippen molar-refractivity contribution in [1.29, 1.82) is 0 Å². The van der Waals surface area contributed by atoms with Gasteiger partial charge in [-0.15, -0.1) is 0 Å². The van der Waals surface area contributed by atoms with Crippen molar-refractivity contribution >= 4 is 34.2 Å². The zero-order valence-electron chi connectivity index (χ0n) is 11.8. The van der Waals surface area contributed by atoms with Crippen molar-refractivity contribution in [3.63, 3.8) is 0 Å². The SMILES string of the molecule is Cc1c(N)c(C)c(C(=O)OC(C)(C)C)c(C)c1I. The second kappa shape index (κ2) is 5.07. The van der Waals surface area contributed by atoms with Crippen molar-refractivity contribution in [3.05, 3.63) is 25.8 Å². The molecular weight excluding hydrogens is 341 g/mol. The van der Waals surface area contributed by atoms with Crippen LogP contribution in [0.1, 0.15) is 47.8 Å². The first kappa shape index (κ1) is 15.3. The Morgan fingerprint density at radius 2 is 1.61 bits per heavy atom. The third-order valence-electron chi connectivity index (χ3n) is 2.82. The highest BCUT2D eigenvalue weighted by molar-refractivity contribution is 14.1. The Labute approximate surface area is 122 Å². The third kappa shape index (κ3) is 2.96. The van der Waals surface area contributed by atoms with Crippen LogP contribution in [0.25, 0.3) is 0 Å². The van der Waals surface area contributed by atoms with E-state index in [1.54, 1.807) is 0 Å². The standard InChI is InChI=1S/C14H20INO2/c1-7-10(13(17)18-14(4,5)6)8(2)12(16)9(3)11(7)15/h16H2,1-6H3. The maximum Gasteiger partial charge on any atom is 0.339 e. The fraction of sp³-hybridized carbons (Fsp3) is 0.500. The Balaban J connectivity index is 3.38. The van der Waals surface area contributed by atoms with Crippen molar-refractivity contribution in [2.75, 3.05) is 5.73 Å². The van der Waals surface area contributed by atoms with Crippen LogP contribution in [-0.4, -0.2) is 11.6 Å². The lowest BCUT2D eigenvalue weighted by molar-refractivity contribution is 0.00679. The van der Waals surface area contributed by atoms with Crippen LogP contribution in [0.4, 0.5) is 5.69 Å². The lowest BCUT2D eigenvalue weighted by Crippen LogP contribution is -2.25. The van der Waals surface area contributed by atoms with E-state index in [0.717, 1.165) is 20.3 Å². The number of hydrogen-bond acceptors (Lipinski definition) is 3. The summed E-state index contributed by atoms with van der Waals surface area (Å²) in [6.45, 7) is 11.3. The lowest BCUT2D eigenvalue weighted by Gasteiger charge is -2.22. The van der Waals surface area contributed by atoms with Gasteiger partial charge in [-0.25, -0.2) is 4.79 Å². The summed E-state index contributed by atoms with van der Waals surface area (Å²) in [6, 6.07) is 0. The molecule has 4 heteroatoms. The molecule has 1 rings (SSSR count). The van der Waals surface area contributed by atoms with E-state index < -0.39 is 5.60 Å². The molecule has 1 aromatic rings. The minimum atomic E-state index is -0.499. The number of hydrogen-bond donors (Lipinski definition) is 1. The van der Waals surface area contributed by atoms with Gasteiger partial charge in [0.05, 0.1) is 5.56 Å². The molecule has 0 bridgehead atoms. The average Bonchev–Trinajstić information content (AvgIpc) is 2.21. The Morgan fingerprint density at radius 1 is 1.11 bits per heavy atom. The van der Waals surface area contributed by atoms with E-state index in [1.165, 1.54) is 0 Å². The molecule has 0 saturated heterocycles. The van der Waals surface area contributed by atoms with Crippen molar-refractivity contribution < 1.29 is 9.53 Å². The highest BCUT2D eigenvalue weighted by atomic mass is 127. The number of ether oxygens (including phenoxy) is 1. The topological polar surface area (TPSA) is 52.3 Å². The Hall–Kier alpha value is -0.780. The number of rotatable bonds is 1. The van der Waals surface area contributed by atoms with E-state index in [-0.39, 0.29) is 5.97 Å². The summed E-state index contributed by atoms with van der Waals surface area (Å²) < 4.78 is 6.46. The molecule has 0 amide bonds. The predicted molar refractivity (Wildman–Crippen MR) is 83.0 cm³/mol. The summed E-state index contributed by atoms with van der Waals surface area (Å²) in [4.78, 5) is 12.2. The smallest absolute Gasteiger partial charge is 0.339 e. The second-order valence-electron chi connectivity index (χ2n) is 5.48. The zero-order chi connectivity index (χ0) is 14.2.